The standard InChI is InChI=1S/C12H10BrNOS/c13-7-9(8-15)11-4-5-12(16-11)10-3-1-2-6-14-10/h1-6,8-9H,7H2. The van der Waals surface area contributed by atoms with Gasteiger partial charge in [-0.25, -0.2) is 0 Å². The molecule has 4 heteroatoms. The second-order valence-electron chi connectivity index (χ2n) is 3.31. The highest BCUT2D eigenvalue weighted by molar-refractivity contribution is 9.09. The van der Waals surface area contributed by atoms with Crippen LogP contribution in [0, 0.1) is 0 Å². The van der Waals surface area contributed by atoms with Gasteiger partial charge in [-0.2, -0.15) is 0 Å². The number of alkyl halides is 1. The molecule has 0 aliphatic rings. The van der Waals surface area contributed by atoms with Crippen molar-refractivity contribution in [3.05, 3.63) is 41.4 Å². The van der Waals surface area contributed by atoms with E-state index in [2.05, 4.69) is 20.9 Å². The predicted molar refractivity (Wildman–Crippen MR) is 70.1 cm³/mol. The van der Waals surface area contributed by atoms with Crippen molar-refractivity contribution in [2.75, 3.05) is 5.33 Å². The lowest BCUT2D eigenvalue weighted by Crippen LogP contribution is -1.97. The smallest absolute Gasteiger partial charge is 0.129 e. The first kappa shape index (κ1) is 11.5. The number of nitrogens with zero attached hydrogens (tertiary/aromatic N) is 1. The molecular formula is C12H10BrNOS. The van der Waals surface area contributed by atoms with Gasteiger partial charge in [0, 0.05) is 16.4 Å². The SMILES string of the molecule is O=CC(CBr)c1ccc(-c2ccccn2)s1. The van der Waals surface area contributed by atoms with Crippen LogP contribution in [-0.4, -0.2) is 16.6 Å². The summed E-state index contributed by atoms with van der Waals surface area (Å²) in [5.74, 6) is -0.0533. The summed E-state index contributed by atoms with van der Waals surface area (Å²) in [4.78, 5) is 17.3. The Labute approximate surface area is 106 Å². The summed E-state index contributed by atoms with van der Waals surface area (Å²) in [7, 11) is 0. The Morgan fingerprint density at radius 3 is 2.88 bits per heavy atom. The number of halogens is 1. The van der Waals surface area contributed by atoms with Crippen LogP contribution in [0.15, 0.2) is 36.5 Å². The van der Waals surface area contributed by atoms with E-state index in [1.807, 2.05) is 30.3 Å². The Bertz CT molecular complexity index is 469. The molecule has 2 aromatic rings. The van der Waals surface area contributed by atoms with Gasteiger partial charge in [-0.05, 0) is 24.3 Å². The van der Waals surface area contributed by atoms with Gasteiger partial charge < -0.3 is 4.79 Å². The first-order chi connectivity index (χ1) is 7.85. The highest BCUT2D eigenvalue weighted by Crippen LogP contribution is 2.31. The maximum absolute atomic E-state index is 10.8. The Morgan fingerprint density at radius 2 is 2.25 bits per heavy atom. The van der Waals surface area contributed by atoms with E-state index in [9.17, 15) is 4.79 Å². The number of carbonyl (C=O) groups excluding carboxylic acids is 1. The molecule has 0 aliphatic heterocycles. The number of carbonyl (C=O) groups is 1. The molecule has 0 saturated heterocycles. The van der Waals surface area contributed by atoms with Gasteiger partial charge in [-0.3, -0.25) is 4.98 Å². The number of aromatic nitrogens is 1. The van der Waals surface area contributed by atoms with Crippen molar-refractivity contribution in [1.29, 1.82) is 0 Å². The Kier molecular flexibility index (Phi) is 3.85. The van der Waals surface area contributed by atoms with Gasteiger partial charge in [-0.15, -0.1) is 11.3 Å². The average molecular weight is 296 g/mol. The van der Waals surface area contributed by atoms with Crippen LogP contribution >= 0.6 is 27.3 Å². The maximum Gasteiger partial charge on any atom is 0.129 e. The summed E-state index contributed by atoms with van der Waals surface area (Å²) in [5, 5.41) is 0.665. The molecule has 0 aromatic carbocycles. The molecule has 0 spiro atoms. The first-order valence-electron chi connectivity index (χ1n) is 4.87. The molecule has 0 saturated carbocycles. The molecule has 2 rings (SSSR count). The highest BCUT2D eigenvalue weighted by Gasteiger charge is 2.12. The summed E-state index contributed by atoms with van der Waals surface area (Å²) in [5.41, 5.74) is 0.956. The first-order valence-corrected chi connectivity index (χ1v) is 6.81. The minimum atomic E-state index is -0.0533. The quantitative estimate of drug-likeness (QED) is 0.638. The van der Waals surface area contributed by atoms with Crippen LogP contribution < -0.4 is 0 Å². The maximum atomic E-state index is 10.8. The normalized spacial score (nSPS) is 12.3. The average Bonchev–Trinajstić information content (AvgIpc) is 2.81. The molecule has 2 heterocycles. The van der Waals surface area contributed by atoms with Crippen LogP contribution in [0.2, 0.25) is 0 Å². The largest absolute Gasteiger partial charge is 0.303 e. The van der Waals surface area contributed by atoms with Crippen molar-refractivity contribution in [1.82, 2.24) is 4.98 Å². The lowest BCUT2D eigenvalue weighted by molar-refractivity contribution is -0.108. The zero-order valence-electron chi connectivity index (χ0n) is 8.47. The molecule has 16 heavy (non-hydrogen) atoms. The lowest BCUT2D eigenvalue weighted by Gasteiger charge is -2.01. The molecule has 0 aliphatic carbocycles. The third kappa shape index (κ3) is 2.39. The molecule has 0 amide bonds. The van der Waals surface area contributed by atoms with Gasteiger partial charge in [0.2, 0.25) is 0 Å². The summed E-state index contributed by atoms with van der Waals surface area (Å²) in [6.07, 6.45) is 2.75. The Hall–Kier alpha value is -1.00. The fraction of sp³-hybridized carbons (Fsp3) is 0.167. The van der Waals surface area contributed by atoms with Crippen molar-refractivity contribution in [3.63, 3.8) is 0 Å². The zero-order valence-corrected chi connectivity index (χ0v) is 10.9. The minimum Gasteiger partial charge on any atom is -0.303 e. The van der Waals surface area contributed by atoms with E-state index in [1.165, 1.54) is 0 Å². The Balaban J connectivity index is 2.29. The van der Waals surface area contributed by atoms with Gasteiger partial charge in [0.15, 0.2) is 0 Å². The molecule has 82 valence electrons. The van der Waals surface area contributed by atoms with Crippen molar-refractivity contribution in [3.8, 4) is 10.6 Å². The molecular weight excluding hydrogens is 286 g/mol. The summed E-state index contributed by atoms with van der Waals surface area (Å²) in [6, 6.07) is 9.84. The number of pyridine rings is 1. The van der Waals surface area contributed by atoms with Crippen molar-refractivity contribution < 1.29 is 4.79 Å². The summed E-state index contributed by atoms with van der Waals surface area (Å²) < 4.78 is 0. The van der Waals surface area contributed by atoms with Crippen LogP contribution in [-0.2, 0) is 4.79 Å². The number of hydrogen-bond donors (Lipinski definition) is 0. The third-order valence-electron chi connectivity index (χ3n) is 2.24. The van der Waals surface area contributed by atoms with Crippen molar-refractivity contribution in [2.24, 2.45) is 0 Å². The van der Waals surface area contributed by atoms with Gasteiger partial charge in [-0.1, -0.05) is 22.0 Å². The van der Waals surface area contributed by atoms with E-state index in [0.29, 0.717) is 5.33 Å². The van der Waals surface area contributed by atoms with Crippen LogP contribution in [0.5, 0.6) is 0 Å². The fourth-order valence-electron chi connectivity index (χ4n) is 1.38. The van der Waals surface area contributed by atoms with Crippen LogP contribution in [0.3, 0.4) is 0 Å². The van der Waals surface area contributed by atoms with Crippen LogP contribution in [0.25, 0.3) is 10.6 Å². The molecule has 2 nitrogen and oxygen atoms in total. The summed E-state index contributed by atoms with van der Waals surface area (Å²) in [6.45, 7) is 0. The Morgan fingerprint density at radius 1 is 1.38 bits per heavy atom. The molecule has 2 aromatic heterocycles. The number of aldehydes is 1. The van der Waals surface area contributed by atoms with E-state index in [4.69, 9.17) is 0 Å². The van der Waals surface area contributed by atoms with E-state index < -0.39 is 0 Å². The minimum absolute atomic E-state index is 0.0533. The van der Waals surface area contributed by atoms with E-state index >= 15 is 0 Å². The second kappa shape index (κ2) is 5.37. The van der Waals surface area contributed by atoms with Gasteiger partial charge in [0.25, 0.3) is 0 Å². The van der Waals surface area contributed by atoms with E-state index in [0.717, 1.165) is 21.7 Å². The molecule has 0 bridgehead atoms. The van der Waals surface area contributed by atoms with Gasteiger partial charge in [0.05, 0.1) is 16.5 Å². The second-order valence-corrected chi connectivity index (χ2v) is 5.08. The van der Waals surface area contributed by atoms with Gasteiger partial charge >= 0.3 is 0 Å². The molecule has 1 unspecified atom stereocenters. The lowest BCUT2D eigenvalue weighted by atomic mass is 10.2. The van der Waals surface area contributed by atoms with E-state index in [1.54, 1.807) is 17.5 Å². The fourth-order valence-corrected chi connectivity index (χ4v) is 3.14. The topological polar surface area (TPSA) is 30.0 Å². The molecule has 0 radical (unpaired) electrons. The third-order valence-corrected chi connectivity index (χ3v) is 4.18. The number of hydrogen-bond acceptors (Lipinski definition) is 3. The summed E-state index contributed by atoms with van der Waals surface area (Å²) >= 11 is 4.96. The number of thiophene rings is 1. The highest BCUT2D eigenvalue weighted by atomic mass is 79.9. The zero-order chi connectivity index (χ0) is 11.4. The molecule has 0 N–H and O–H groups in total. The van der Waals surface area contributed by atoms with Crippen LogP contribution in [0.1, 0.15) is 10.8 Å². The molecule has 0 fully saturated rings. The molecule has 1 atom stereocenters. The number of rotatable bonds is 4. The van der Waals surface area contributed by atoms with Gasteiger partial charge in [0.1, 0.15) is 6.29 Å². The van der Waals surface area contributed by atoms with Crippen molar-refractivity contribution in [2.45, 2.75) is 5.92 Å². The van der Waals surface area contributed by atoms with E-state index in [-0.39, 0.29) is 5.92 Å². The van der Waals surface area contributed by atoms with Crippen molar-refractivity contribution >= 4 is 33.6 Å². The monoisotopic (exact) mass is 295 g/mol. The predicted octanol–water partition coefficient (Wildman–Crippen LogP) is 3.49. The van der Waals surface area contributed by atoms with Crippen LogP contribution in [0.4, 0.5) is 0 Å².